The van der Waals surface area contributed by atoms with Crippen LogP contribution in [0.5, 0.6) is 5.75 Å². The van der Waals surface area contributed by atoms with Crippen LogP contribution < -0.4 is 14.5 Å². The summed E-state index contributed by atoms with van der Waals surface area (Å²) in [5, 5.41) is 0. The predicted octanol–water partition coefficient (Wildman–Crippen LogP) is 6.97. The molecule has 7 rings (SSSR count). The third-order valence-electron chi connectivity index (χ3n) is 9.20. The van der Waals surface area contributed by atoms with Crippen molar-refractivity contribution in [3.8, 4) is 16.9 Å². The highest BCUT2D eigenvalue weighted by molar-refractivity contribution is 7.91. The smallest absolute Gasteiger partial charge is 0.207 e. The van der Waals surface area contributed by atoms with E-state index in [4.69, 9.17) is 4.74 Å². The molecule has 2 aromatic heterocycles. The van der Waals surface area contributed by atoms with E-state index in [0.717, 1.165) is 63.7 Å². The minimum atomic E-state index is -3.88. The number of fused-ring (bicyclic) bond motifs is 10. The molecule has 0 saturated heterocycles. The van der Waals surface area contributed by atoms with Crippen LogP contribution in [0.25, 0.3) is 16.6 Å². The Morgan fingerprint density at radius 2 is 1.43 bits per heavy atom. The largest absolute Gasteiger partial charge is 0.471 e. The lowest BCUT2D eigenvalue weighted by Crippen LogP contribution is -2.44. The lowest BCUT2D eigenvalue weighted by atomic mass is 9.77. The molecule has 0 fully saturated rings. The number of sulfone groups is 1. The summed E-state index contributed by atoms with van der Waals surface area (Å²) in [4.78, 5) is 4.69. The van der Waals surface area contributed by atoms with Crippen LogP contribution in [-0.4, -0.2) is 40.0 Å². The van der Waals surface area contributed by atoms with Crippen LogP contribution in [0.15, 0.2) is 88.8 Å². The Kier molecular flexibility index (Phi) is 5.80. The van der Waals surface area contributed by atoms with Gasteiger partial charge in [-0.15, -0.1) is 0 Å². The number of pyridine rings is 1. The fourth-order valence-electron chi connectivity index (χ4n) is 6.70. The second-order valence-corrected chi connectivity index (χ2v) is 13.4. The molecule has 1 spiro atoms. The highest BCUT2D eigenvalue weighted by atomic mass is 32.2. The minimum absolute atomic E-state index is 0.286. The maximum absolute atomic E-state index is 14.6. The van der Waals surface area contributed by atoms with E-state index in [1.807, 2.05) is 68.7 Å². The van der Waals surface area contributed by atoms with Gasteiger partial charge in [0, 0.05) is 72.5 Å². The molecule has 0 amide bonds. The highest BCUT2D eigenvalue weighted by Crippen LogP contribution is 2.58. The molecule has 0 atom stereocenters. The first-order chi connectivity index (χ1) is 20.1. The maximum atomic E-state index is 14.6. The molecule has 0 aliphatic carbocycles. The van der Waals surface area contributed by atoms with Gasteiger partial charge in [-0.3, -0.25) is 0 Å². The number of benzene rings is 3. The summed E-state index contributed by atoms with van der Waals surface area (Å²) in [5.74, 6) is 0.743. The van der Waals surface area contributed by atoms with Crippen molar-refractivity contribution < 1.29 is 13.2 Å². The zero-order valence-electron chi connectivity index (χ0n) is 24.9. The van der Waals surface area contributed by atoms with E-state index in [2.05, 4.69) is 66.3 Å². The fraction of sp³-hybridized carbons (Fsp3) is 0.257. The number of rotatable bonds is 4. The van der Waals surface area contributed by atoms with Crippen molar-refractivity contribution in [1.29, 1.82) is 0 Å². The molecule has 0 radical (unpaired) electrons. The van der Waals surface area contributed by atoms with Gasteiger partial charge in [-0.1, -0.05) is 29.8 Å². The summed E-state index contributed by atoms with van der Waals surface area (Å²) in [5.41, 5.74) is 8.17. The van der Waals surface area contributed by atoms with Crippen LogP contribution >= 0.6 is 0 Å². The average Bonchev–Trinajstić information content (AvgIpc) is 3.32. The van der Waals surface area contributed by atoms with Gasteiger partial charge in [0.1, 0.15) is 5.75 Å². The van der Waals surface area contributed by atoms with Crippen LogP contribution in [0.2, 0.25) is 0 Å². The van der Waals surface area contributed by atoms with E-state index in [0.29, 0.717) is 11.1 Å². The fourth-order valence-corrected chi connectivity index (χ4v) is 8.49. The molecule has 2 aliphatic heterocycles. The van der Waals surface area contributed by atoms with Crippen LogP contribution in [0.4, 0.5) is 11.4 Å². The van der Waals surface area contributed by atoms with Crippen molar-refractivity contribution in [2.75, 3.05) is 37.0 Å². The van der Waals surface area contributed by atoms with Gasteiger partial charge in [0.15, 0.2) is 0 Å². The SMILES string of the molecule is CCN(C)c1ccc2c(c1)S(=O)(=O)c1cc(N(C)CC)ccc1C21Oc2ccc(C)cc2-c2c(C)c3ccccn3c21. The van der Waals surface area contributed by atoms with Gasteiger partial charge < -0.3 is 18.9 Å². The molecule has 6 nitrogen and oxygen atoms in total. The predicted molar refractivity (Wildman–Crippen MR) is 169 cm³/mol. The molecular weight excluding hydrogens is 542 g/mol. The van der Waals surface area contributed by atoms with Crippen molar-refractivity contribution in [3.63, 3.8) is 0 Å². The maximum Gasteiger partial charge on any atom is 0.207 e. The normalized spacial score (nSPS) is 15.4. The Morgan fingerprint density at radius 3 is 2.02 bits per heavy atom. The van der Waals surface area contributed by atoms with Crippen molar-refractivity contribution in [2.45, 2.75) is 43.1 Å². The number of aryl methyl sites for hydroxylation is 2. The van der Waals surface area contributed by atoms with Gasteiger partial charge in [-0.2, -0.15) is 0 Å². The van der Waals surface area contributed by atoms with Crippen molar-refractivity contribution in [3.05, 3.63) is 107 Å². The van der Waals surface area contributed by atoms with E-state index in [-0.39, 0.29) is 9.79 Å². The van der Waals surface area contributed by atoms with Crippen LogP contribution in [0, 0.1) is 13.8 Å². The molecule has 5 aromatic rings. The Balaban J connectivity index is 1.69. The number of ether oxygens (including phenoxy) is 1. The standard InChI is InChI=1S/C35H35N3O3S/c1-7-36(5)24-13-15-27-31(20-24)42(39,40)32-21-25(37(6)8-2)14-16-28(32)35(27)34-33(23(4)29-11-9-10-18-38(29)34)26-19-22(3)12-17-30(26)41-35/h9-21H,7-8H2,1-6H3. The van der Waals surface area contributed by atoms with E-state index < -0.39 is 15.4 Å². The molecule has 42 heavy (non-hydrogen) atoms. The summed E-state index contributed by atoms with van der Waals surface area (Å²) < 4.78 is 38.7. The monoisotopic (exact) mass is 577 g/mol. The summed E-state index contributed by atoms with van der Waals surface area (Å²) in [7, 11) is 0.0773. The van der Waals surface area contributed by atoms with Crippen molar-refractivity contribution >= 4 is 26.7 Å². The molecule has 0 N–H and O–H groups in total. The van der Waals surface area contributed by atoms with Crippen molar-refractivity contribution in [1.82, 2.24) is 4.40 Å². The van der Waals surface area contributed by atoms with Gasteiger partial charge in [0.05, 0.1) is 15.5 Å². The van der Waals surface area contributed by atoms with E-state index >= 15 is 0 Å². The van der Waals surface area contributed by atoms with E-state index in [1.165, 1.54) is 0 Å². The number of aromatic nitrogens is 1. The number of hydrogen-bond acceptors (Lipinski definition) is 5. The molecule has 214 valence electrons. The Morgan fingerprint density at radius 1 is 0.810 bits per heavy atom. The summed E-state index contributed by atoms with van der Waals surface area (Å²) >= 11 is 0. The second kappa shape index (κ2) is 9.13. The first-order valence-corrected chi connectivity index (χ1v) is 16.0. The number of nitrogens with zero attached hydrogens (tertiary/aromatic N) is 3. The Labute approximate surface area is 247 Å². The third kappa shape index (κ3) is 3.40. The number of hydrogen-bond donors (Lipinski definition) is 0. The van der Waals surface area contributed by atoms with Crippen LogP contribution in [0.3, 0.4) is 0 Å². The summed E-state index contributed by atoms with van der Waals surface area (Å²) in [6.45, 7) is 9.86. The number of anilines is 2. The second-order valence-electron chi connectivity index (χ2n) is 11.5. The van der Waals surface area contributed by atoms with Gasteiger partial charge in [0.25, 0.3) is 0 Å². The van der Waals surface area contributed by atoms with Gasteiger partial charge in [-0.25, -0.2) is 8.42 Å². The lowest BCUT2D eigenvalue weighted by Gasteiger charge is -2.44. The molecule has 4 heterocycles. The molecule has 7 heteroatoms. The first kappa shape index (κ1) is 26.7. The Hall–Kier alpha value is -4.23. The zero-order valence-corrected chi connectivity index (χ0v) is 25.7. The van der Waals surface area contributed by atoms with Gasteiger partial charge in [-0.05, 0) is 81.8 Å². The third-order valence-corrected chi connectivity index (χ3v) is 11.0. The summed E-state index contributed by atoms with van der Waals surface area (Å²) in [6.07, 6.45) is 2.06. The Bertz CT molecular complexity index is 1960. The van der Waals surface area contributed by atoms with Crippen LogP contribution in [0.1, 0.15) is 41.8 Å². The summed E-state index contributed by atoms with van der Waals surface area (Å²) in [6, 6.07) is 24.0. The quantitative estimate of drug-likeness (QED) is 0.231. The van der Waals surface area contributed by atoms with Gasteiger partial charge in [0.2, 0.25) is 15.4 Å². The van der Waals surface area contributed by atoms with E-state index in [9.17, 15) is 8.42 Å². The first-order valence-electron chi connectivity index (χ1n) is 14.5. The molecular formula is C35H35N3O3S. The molecule has 0 saturated carbocycles. The zero-order chi connectivity index (χ0) is 29.6. The molecule has 3 aromatic carbocycles. The van der Waals surface area contributed by atoms with Crippen LogP contribution in [-0.2, 0) is 15.4 Å². The topological polar surface area (TPSA) is 54.3 Å². The lowest BCUT2D eigenvalue weighted by molar-refractivity contribution is 0.138. The molecule has 0 unspecified atom stereocenters. The average molecular weight is 578 g/mol. The minimum Gasteiger partial charge on any atom is -0.471 e. The molecule has 2 aliphatic rings. The molecule has 0 bridgehead atoms. The highest BCUT2D eigenvalue weighted by Gasteiger charge is 2.55. The van der Waals surface area contributed by atoms with Gasteiger partial charge >= 0.3 is 0 Å². The van der Waals surface area contributed by atoms with Crippen molar-refractivity contribution in [2.24, 2.45) is 0 Å². The van der Waals surface area contributed by atoms with E-state index in [1.54, 1.807) is 0 Å².